The topological polar surface area (TPSA) is 123 Å². The Hall–Kier alpha value is -2.37. The molecule has 160 valence electrons. The number of rotatable bonds is 6. The molecule has 1 aliphatic heterocycles. The van der Waals surface area contributed by atoms with Crippen molar-refractivity contribution in [1.29, 1.82) is 0 Å². The standard InChI is InChI=1S/C19H22N4O5S2/c1-12-2-5-15(23(25)26)10-17(12)30(27,28)22-8-6-14(7-9-22)18(24)21-19-20-16(11-29-19)13-3-4-13/h2,5,10-11,13-14H,3-4,6-9H2,1H3,(H,20,21,24). The molecule has 1 N–H and O–H groups in total. The Labute approximate surface area is 178 Å². The van der Waals surface area contributed by atoms with E-state index in [4.69, 9.17) is 0 Å². The molecule has 1 aliphatic carbocycles. The number of nitro groups is 1. The number of hydrogen-bond acceptors (Lipinski definition) is 7. The second kappa shape index (κ2) is 8.05. The number of sulfonamides is 1. The molecule has 0 bridgehead atoms. The van der Waals surface area contributed by atoms with Crippen molar-refractivity contribution in [2.24, 2.45) is 5.92 Å². The molecule has 0 radical (unpaired) electrons. The molecule has 4 rings (SSSR count). The molecule has 2 aromatic rings. The molecule has 11 heteroatoms. The summed E-state index contributed by atoms with van der Waals surface area (Å²) < 4.78 is 27.3. The SMILES string of the molecule is Cc1ccc([N+](=O)[O-])cc1S(=O)(=O)N1CCC(C(=O)Nc2nc(C3CC3)cs2)CC1. The largest absolute Gasteiger partial charge is 0.302 e. The number of amides is 1. The summed E-state index contributed by atoms with van der Waals surface area (Å²) in [6, 6.07) is 3.83. The lowest BCUT2D eigenvalue weighted by molar-refractivity contribution is -0.385. The van der Waals surface area contributed by atoms with Crippen LogP contribution in [0, 0.1) is 23.0 Å². The van der Waals surface area contributed by atoms with Crippen molar-refractivity contribution in [1.82, 2.24) is 9.29 Å². The third-order valence-corrected chi connectivity index (χ3v) is 8.39. The highest BCUT2D eigenvalue weighted by molar-refractivity contribution is 7.89. The summed E-state index contributed by atoms with van der Waals surface area (Å²) in [4.78, 5) is 27.4. The van der Waals surface area contributed by atoms with E-state index in [0.29, 0.717) is 29.5 Å². The summed E-state index contributed by atoms with van der Waals surface area (Å²) in [5.74, 6) is 0.0869. The third-order valence-electron chi connectivity index (χ3n) is 5.57. The Morgan fingerprint density at radius 2 is 1.97 bits per heavy atom. The number of hydrogen-bond donors (Lipinski definition) is 1. The number of carbonyl (C=O) groups excluding carboxylic acids is 1. The van der Waals surface area contributed by atoms with E-state index in [-0.39, 0.29) is 35.5 Å². The van der Waals surface area contributed by atoms with Gasteiger partial charge >= 0.3 is 0 Å². The second-order valence-electron chi connectivity index (χ2n) is 7.73. The van der Waals surface area contributed by atoms with Crippen molar-refractivity contribution in [3.8, 4) is 0 Å². The smallest absolute Gasteiger partial charge is 0.270 e. The van der Waals surface area contributed by atoms with E-state index < -0.39 is 14.9 Å². The first-order valence-corrected chi connectivity index (χ1v) is 12.1. The van der Waals surface area contributed by atoms with Crippen LogP contribution in [-0.2, 0) is 14.8 Å². The zero-order valence-electron chi connectivity index (χ0n) is 16.4. The minimum absolute atomic E-state index is 0.0602. The highest BCUT2D eigenvalue weighted by Gasteiger charge is 2.34. The average Bonchev–Trinajstić information content (AvgIpc) is 3.47. The van der Waals surface area contributed by atoms with Gasteiger partial charge in [-0.05, 0) is 38.2 Å². The molecule has 1 aromatic carbocycles. The number of nitro benzene ring substituents is 1. The third kappa shape index (κ3) is 4.23. The van der Waals surface area contributed by atoms with Crippen molar-refractivity contribution in [3.05, 3.63) is 45.0 Å². The Kier molecular flexibility index (Phi) is 5.60. The van der Waals surface area contributed by atoms with E-state index in [1.54, 1.807) is 6.92 Å². The summed E-state index contributed by atoms with van der Waals surface area (Å²) >= 11 is 1.41. The Morgan fingerprint density at radius 1 is 1.27 bits per heavy atom. The van der Waals surface area contributed by atoms with Crippen LogP contribution in [0.25, 0.3) is 0 Å². The van der Waals surface area contributed by atoms with E-state index in [9.17, 15) is 23.3 Å². The number of piperidine rings is 1. The number of anilines is 1. The first-order chi connectivity index (χ1) is 14.3. The van der Waals surface area contributed by atoms with Crippen LogP contribution in [0.5, 0.6) is 0 Å². The van der Waals surface area contributed by atoms with Crippen LogP contribution in [-0.4, -0.2) is 41.6 Å². The van der Waals surface area contributed by atoms with Gasteiger partial charge in [0.1, 0.15) is 0 Å². The number of carbonyl (C=O) groups is 1. The Bertz CT molecular complexity index is 1090. The summed E-state index contributed by atoms with van der Waals surface area (Å²) in [6.45, 7) is 1.99. The highest BCUT2D eigenvalue weighted by Crippen LogP contribution is 2.41. The van der Waals surface area contributed by atoms with Gasteiger partial charge < -0.3 is 5.32 Å². The van der Waals surface area contributed by atoms with Crippen molar-refractivity contribution >= 4 is 38.1 Å². The van der Waals surface area contributed by atoms with Gasteiger partial charge in [0.05, 0.1) is 15.5 Å². The first kappa shape index (κ1) is 20.9. The van der Waals surface area contributed by atoms with Crippen molar-refractivity contribution in [2.75, 3.05) is 18.4 Å². The Balaban J connectivity index is 1.40. The van der Waals surface area contributed by atoms with Crippen LogP contribution >= 0.6 is 11.3 Å². The van der Waals surface area contributed by atoms with Gasteiger partial charge in [0.15, 0.2) is 5.13 Å². The van der Waals surface area contributed by atoms with Crippen molar-refractivity contribution in [2.45, 2.75) is 43.4 Å². The summed E-state index contributed by atoms with van der Waals surface area (Å²) in [5.41, 5.74) is 1.22. The fraction of sp³-hybridized carbons (Fsp3) is 0.474. The molecule has 0 atom stereocenters. The number of aromatic nitrogens is 1. The summed E-state index contributed by atoms with van der Waals surface area (Å²) in [7, 11) is -3.87. The highest BCUT2D eigenvalue weighted by atomic mass is 32.2. The van der Waals surface area contributed by atoms with Gasteiger partial charge in [0.2, 0.25) is 15.9 Å². The van der Waals surface area contributed by atoms with E-state index in [1.807, 2.05) is 5.38 Å². The molecule has 1 amide bonds. The van der Waals surface area contributed by atoms with Gasteiger partial charge in [0, 0.05) is 42.4 Å². The van der Waals surface area contributed by atoms with Gasteiger partial charge in [-0.15, -0.1) is 11.3 Å². The molecule has 30 heavy (non-hydrogen) atoms. The molecule has 1 saturated carbocycles. The maximum absolute atomic E-state index is 13.0. The molecule has 2 heterocycles. The fourth-order valence-electron chi connectivity index (χ4n) is 3.60. The maximum atomic E-state index is 13.0. The Morgan fingerprint density at radius 3 is 2.60 bits per heavy atom. The normalized spacial score (nSPS) is 18.3. The van der Waals surface area contributed by atoms with Crippen molar-refractivity contribution in [3.63, 3.8) is 0 Å². The molecule has 2 fully saturated rings. The monoisotopic (exact) mass is 450 g/mol. The van der Waals surface area contributed by atoms with E-state index >= 15 is 0 Å². The number of benzene rings is 1. The minimum Gasteiger partial charge on any atom is -0.302 e. The molecule has 9 nitrogen and oxygen atoms in total. The van der Waals surface area contributed by atoms with Crippen molar-refractivity contribution < 1.29 is 18.1 Å². The average molecular weight is 451 g/mol. The van der Waals surface area contributed by atoms with E-state index in [2.05, 4.69) is 10.3 Å². The zero-order chi connectivity index (χ0) is 21.5. The zero-order valence-corrected chi connectivity index (χ0v) is 18.0. The number of thiazole rings is 1. The van der Waals surface area contributed by atoms with E-state index in [0.717, 1.165) is 24.6 Å². The number of nitrogens with one attached hydrogen (secondary N) is 1. The van der Waals surface area contributed by atoms with Crippen LogP contribution < -0.4 is 5.32 Å². The predicted octanol–water partition coefficient (Wildman–Crippen LogP) is 3.28. The van der Waals surface area contributed by atoms with Crippen LogP contribution in [0.15, 0.2) is 28.5 Å². The maximum Gasteiger partial charge on any atom is 0.270 e. The molecular weight excluding hydrogens is 428 g/mol. The van der Waals surface area contributed by atoms with Crippen LogP contribution in [0.2, 0.25) is 0 Å². The van der Waals surface area contributed by atoms with Gasteiger partial charge in [-0.25, -0.2) is 13.4 Å². The lowest BCUT2D eigenvalue weighted by atomic mass is 9.97. The van der Waals surface area contributed by atoms with Gasteiger partial charge in [-0.1, -0.05) is 6.07 Å². The first-order valence-electron chi connectivity index (χ1n) is 9.77. The molecule has 2 aliphatic rings. The molecule has 0 spiro atoms. The predicted molar refractivity (Wildman–Crippen MR) is 112 cm³/mol. The van der Waals surface area contributed by atoms with Gasteiger partial charge in [-0.2, -0.15) is 4.31 Å². The number of nitrogens with zero attached hydrogens (tertiary/aromatic N) is 3. The van der Waals surface area contributed by atoms with Gasteiger partial charge in [0.25, 0.3) is 5.69 Å². The quantitative estimate of drug-likeness (QED) is 0.532. The molecule has 1 aromatic heterocycles. The van der Waals surface area contributed by atoms with Gasteiger partial charge in [-0.3, -0.25) is 14.9 Å². The molecule has 1 saturated heterocycles. The number of aryl methyl sites for hydroxylation is 1. The van der Waals surface area contributed by atoms with Crippen LogP contribution in [0.1, 0.15) is 42.9 Å². The van der Waals surface area contributed by atoms with Crippen LogP contribution in [0.4, 0.5) is 10.8 Å². The summed E-state index contributed by atoms with van der Waals surface area (Å²) in [6.07, 6.45) is 3.07. The second-order valence-corrected chi connectivity index (χ2v) is 10.5. The fourth-order valence-corrected chi connectivity index (χ4v) is 6.10. The minimum atomic E-state index is -3.87. The lowest BCUT2D eigenvalue weighted by Gasteiger charge is -2.30. The number of non-ortho nitro benzene ring substituents is 1. The summed E-state index contributed by atoms with van der Waals surface area (Å²) in [5, 5.41) is 16.4. The van der Waals surface area contributed by atoms with E-state index in [1.165, 1.54) is 27.8 Å². The van der Waals surface area contributed by atoms with Crippen LogP contribution in [0.3, 0.4) is 0 Å². The molecular formula is C19H22N4O5S2. The molecule has 0 unspecified atom stereocenters. The lowest BCUT2D eigenvalue weighted by Crippen LogP contribution is -2.41.